The molecular formula is C26H28N4O5. The number of nitro benzene ring substituents is 1. The SMILES string of the molecule is CC1CCC2C(=O)N(c3ccc(N4CC5CC(C4)c4cccc(=O)n4C5)c([N+](=O)[O-])c3)C(=O)C2C1. The zero-order chi connectivity index (χ0) is 24.4. The lowest BCUT2D eigenvalue weighted by Gasteiger charge is -2.43. The Hall–Kier alpha value is -3.49. The molecule has 0 N–H and O–H groups in total. The summed E-state index contributed by atoms with van der Waals surface area (Å²) in [5, 5.41) is 12.1. The maximum Gasteiger partial charge on any atom is 0.294 e. The number of carbonyl (C=O) groups excluding carboxylic acids is 2. The van der Waals surface area contributed by atoms with E-state index in [0.29, 0.717) is 44.1 Å². The molecule has 3 fully saturated rings. The van der Waals surface area contributed by atoms with Crippen LogP contribution in [-0.4, -0.2) is 34.4 Å². The third-order valence-corrected chi connectivity index (χ3v) is 8.42. The van der Waals surface area contributed by atoms with E-state index in [4.69, 9.17) is 0 Å². The monoisotopic (exact) mass is 476 g/mol. The van der Waals surface area contributed by atoms with E-state index >= 15 is 0 Å². The van der Waals surface area contributed by atoms with Crippen molar-refractivity contribution >= 4 is 28.9 Å². The molecule has 1 aromatic heterocycles. The quantitative estimate of drug-likeness (QED) is 0.382. The van der Waals surface area contributed by atoms with Crippen molar-refractivity contribution in [3.63, 3.8) is 0 Å². The molecule has 3 aliphatic heterocycles. The molecular weight excluding hydrogens is 448 g/mol. The van der Waals surface area contributed by atoms with Gasteiger partial charge in [0.2, 0.25) is 11.8 Å². The Balaban J connectivity index is 1.32. The molecule has 2 bridgehead atoms. The molecule has 2 aromatic rings. The number of imide groups is 1. The molecule has 6 rings (SSSR count). The number of carbonyl (C=O) groups is 2. The number of aromatic nitrogens is 1. The van der Waals surface area contributed by atoms with Gasteiger partial charge < -0.3 is 9.47 Å². The molecule has 1 saturated carbocycles. The minimum atomic E-state index is -0.429. The first-order valence-electron chi connectivity index (χ1n) is 12.4. The fourth-order valence-electron chi connectivity index (χ4n) is 6.80. The van der Waals surface area contributed by atoms with E-state index in [-0.39, 0.29) is 52.4 Å². The first-order valence-corrected chi connectivity index (χ1v) is 12.4. The highest BCUT2D eigenvalue weighted by molar-refractivity contribution is 6.22. The van der Waals surface area contributed by atoms with Crippen molar-refractivity contribution in [3.05, 3.63) is 62.6 Å². The van der Waals surface area contributed by atoms with Gasteiger partial charge in [0, 0.05) is 43.4 Å². The number of pyridine rings is 1. The van der Waals surface area contributed by atoms with Crippen LogP contribution in [0.2, 0.25) is 0 Å². The lowest BCUT2D eigenvalue weighted by atomic mass is 9.76. The summed E-state index contributed by atoms with van der Waals surface area (Å²) in [5.41, 5.74) is 1.65. The van der Waals surface area contributed by atoms with Crippen molar-refractivity contribution in [1.29, 1.82) is 0 Å². The largest absolute Gasteiger partial charge is 0.365 e. The molecule has 0 spiro atoms. The zero-order valence-corrected chi connectivity index (χ0v) is 19.6. The maximum absolute atomic E-state index is 13.1. The molecule has 1 aromatic carbocycles. The van der Waals surface area contributed by atoms with Gasteiger partial charge in [-0.1, -0.05) is 13.0 Å². The van der Waals surface area contributed by atoms with Crippen LogP contribution in [0.1, 0.15) is 44.2 Å². The average Bonchev–Trinajstić information content (AvgIpc) is 3.08. The normalized spacial score (nSPS) is 29.7. The summed E-state index contributed by atoms with van der Waals surface area (Å²) < 4.78 is 1.83. The summed E-state index contributed by atoms with van der Waals surface area (Å²) in [6.45, 7) is 3.88. The summed E-state index contributed by atoms with van der Waals surface area (Å²) >= 11 is 0. The first kappa shape index (κ1) is 22.0. The number of anilines is 2. The molecule has 2 saturated heterocycles. The molecule has 5 unspecified atom stereocenters. The first-order chi connectivity index (χ1) is 16.8. The fourth-order valence-corrected chi connectivity index (χ4v) is 6.80. The minimum Gasteiger partial charge on any atom is -0.365 e. The Kier molecular flexibility index (Phi) is 5.05. The van der Waals surface area contributed by atoms with Gasteiger partial charge in [-0.15, -0.1) is 0 Å². The van der Waals surface area contributed by atoms with Crippen molar-refractivity contribution in [2.75, 3.05) is 22.9 Å². The van der Waals surface area contributed by atoms with E-state index in [1.807, 2.05) is 15.5 Å². The van der Waals surface area contributed by atoms with Crippen molar-refractivity contribution < 1.29 is 14.5 Å². The number of hydrogen-bond acceptors (Lipinski definition) is 6. The molecule has 0 radical (unpaired) electrons. The molecule has 4 heterocycles. The van der Waals surface area contributed by atoms with Crippen LogP contribution >= 0.6 is 0 Å². The van der Waals surface area contributed by atoms with Crippen LogP contribution in [0.15, 0.2) is 41.2 Å². The molecule has 35 heavy (non-hydrogen) atoms. The van der Waals surface area contributed by atoms with Gasteiger partial charge >= 0.3 is 0 Å². The van der Waals surface area contributed by atoms with Crippen molar-refractivity contribution in [1.82, 2.24) is 4.57 Å². The summed E-state index contributed by atoms with van der Waals surface area (Å²) in [6.07, 6.45) is 3.24. The van der Waals surface area contributed by atoms with E-state index in [1.165, 1.54) is 11.0 Å². The Morgan fingerprint density at radius 3 is 2.54 bits per heavy atom. The average molecular weight is 477 g/mol. The van der Waals surface area contributed by atoms with Gasteiger partial charge in [-0.3, -0.25) is 24.5 Å². The number of hydrogen-bond donors (Lipinski definition) is 0. The van der Waals surface area contributed by atoms with Crippen LogP contribution in [0.4, 0.5) is 17.1 Å². The lowest BCUT2D eigenvalue weighted by molar-refractivity contribution is -0.384. The van der Waals surface area contributed by atoms with Crippen LogP contribution in [0, 0.1) is 33.8 Å². The van der Waals surface area contributed by atoms with Gasteiger partial charge in [-0.2, -0.15) is 0 Å². The number of nitrogens with zero attached hydrogens (tertiary/aromatic N) is 4. The third-order valence-electron chi connectivity index (χ3n) is 8.42. The smallest absolute Gasteiger partial charge is 0.294 e. The predicted octanol–water partition coefficient (Wildman–Crippen LogP) is 3.31. The topological polar surface area (TPSA) is 106 Å². The molecule has 9 heteroatoms. The van der Waals surface area contributed by atoms with E-state index in [0.717, 1.165) is 18.5 Å². The number of fused-ring (bicyclic) bond motifs is 5. The Morgan fingerprint density at radius 1 is 0.943 bits per heavy atom. The second kappa shape index (κ2) is 8.03. The van der Waals surface area contributed by atoms with Crippen molar-refractivity contribution in [2.45, 2.75) is 45.1 Å². The number of nitro groups is 1. The second-order valence-corrected chi connectivity index (χ2v) is 10.7. The number of rotatable bonds is 3. The molecule has 4 aliphatic rings. The fraction of sp³-hybridized carbons (Fsp3) is 0.500. The molecule has 5 atom stereocenters. The maximum atomic E-state index is 13.1. The van der Waals surface area contributed by atoms with Gasteiger partial charge in [-0.25, -0.2) is 4.90 Å². The Labute approximate surface area is 202 Å². The lowest BCUT2D eigenvalue weighted by Crippen LogP contribution is -2.47. The van der Waals surface area contributed by atoms with Gasteiger partial charge in [0.05, 0.1) is 22.4 Å². The second-order valence-electron chi connectivity index (χ2n) is 10.7. The molecule has 9 nitrogen and oxygen atoms in total. The van der Waals surface area contributed by atoms with Crippen LogP contribution in [0.3, 0.4) is 0 Å². The van der Waals surface area contributed by atoms with Crippen molar-refractivity contribution in [3.8, 4) is 0 Å². The van der Waals surface area contributed by atoms with E-state index in [2.05, 4.69) is 6.92 Å². The van der Waals surface area contributed by atoms with Crippen LogP contribution in [0.5, 0.6) is 0 Å². The van der Waals surface area contributed by atoms with Gasteiger partial charge in [0.1, 0.15) is 5.69 Å². The van der Waals surface area contributed by atoms with Crippen molar-refractivity contribution in [2.24, 2.45) is 23.7 Å². The van der Waals surface area contributed by atoms with Gasteiger partial charge in [-0.05, 0) is 55.7 Å². The summed E-state index contributed by atoms with van der Waals surface area (Å²) in [6, 6.07) is 10.0. The third kappa shape index (κ3) is 3.47. The summed E-state index contributed by atoms with van der Waals surface area (Å²) in [5.74, 6) is -0.386. The predicted molar refractivity (Wildman–Crippen MR) is 129 cm³/mol. The zero-order valence-electron chi connectivity index (χ0n) is 19.6. The Bertz CT molecular complexity index is 1300. The standard InChI is InChI=1S/C26H28N4O5/c1-15-5-7-19-20(9-15)26(33)29(25(19)32)18-6-8-22(23(11-18)30(34)35)27-12-16-10-17(14-27)21-3-2-4-24(31)28(21)13-16/h2-4,6,8,11,15-17,19-20H,5,7,9-10,12-14H2,1H3. The summed E-state index contributed by atoms with van der Waals surface area (Å²) in [7, 11) is 0. The molecule has 182 valence electrons. The highest BCUT2D eigenvalue weighted by atomic mass is 16.6. The Morgan fingerprint density at radius 2 is 1.74 bits per heavy atom. The van der Waals surface area contributed by atoms with Gasteiger partial charge in [0.25, 0.3) is 11.2 Å². The number of benzene rings is 1. The number of amides is 2. The minimum absolute atomic E-state index is 0.00380. The molecule has 2 amide bonds. The van der Waals surface area contributed by atoms with E-state index in [9.17, 15) is 24.5 Å². The summed E-state index contributed by atoms with van der Waals surface area (Å²) in [4.78, 5) is 53.5. The van der Waals surface area contributed by atoms with Crippen LogP contribution in [-0.2, 0) is 16.1 Å². The van der Waals surface area contributed by atoms with Crippen LogP contribution in [0.25, 0.3) is 0 Å². The van der Waals surface area contributed by atoms with E-state index in [1.54, 1.807) is 24.3 Å². The number of piperidine rings is 1. The van der Waals surface area contributed by atoms with Gasteiger partial charge in [0.15, 0.2) is 0 Å². The highest BCUT2D eigenvalue weighted by Crippen LogP contribution is 2.45. The van der Waals surface area contributed by atoms with E-state index < -0.39 is 4.92 Å². The van der Waals surface area contributed by atoms with Crippen LogP contribution < -0.4 is 15.4 Å². The highest BCUT2D eigenvalue weighted by Gasteiger charge is 2.50. The molecule has 1 aliphatic carbocycles.